The molecule has 0 N–H and O–H groups in total. The van der Waals surface area contributed by atoms with Gasteiger partial charge < -0.3 is 4.74 Å². The first-order chi connectivity index (χ1) is 10.7. The zero-order chi connectivity index (χ0) is 15.5. The number of hydrogen-bond acceptors (Lipinski definition) is 3. The minimum absolute atomic E-state index is 0.00797. The summed E-state index contributed by atoms with van der Waals surface area (Å²) >= 11 is 6.23. The predicted octanol–water partition coefficient (Wildman–Crippen LogP) is 4.77. The quantitative estimate of drug-likeness (QED) is 0.655. The van der Waals surface area contributed by atoms with Gasteiger partial charge in [-0.05, 0) is 41.6 Å². The van der Waals surface area contributed by atoms with Gasteiger partial charge in [0.05, 0.1) is 0 Å². The molecule has 1 heterocycles. The van der Waals surface area contributed by atoms with Crippen molar-refractivity contribution in [3.05, 3.63) is 59.4 Å². The van der Waals surface area contributed by atoms with Crippen LogP contribution in [0.4, 0.5) is 0 Å². The highest BCUT2D eigenvalue weighted by Crippen LogP contribution is 2.34. The van der Waals surface area contributed by atoms with E-state index in [0.717, 1.165) is 21.9 Å². The number of pyridine rings is 1. The van der Waals surface area contributed by atoms with E-state index < -0.39 is 0 Å². The molecule has 0 bridgehead atoms. The van der Waals surface area contributed by atoms with Gasteiger partial charge in [-0.2, -0.15) is 5.26 Å². The van der Waals surface area contributed by atoms with Gasteiger partial charge in [0.15, 0.2) is 6.61 Å². The lowest BCUT2D eigenvalue weighted by Gasteiger charge is -2.11. The molecule has 0 aliphatic heterocycles. The fraction of sp³-hybridized carbons (Fsp3) is 0.111. The standard InChI is InChI=1S/C18H13ClN2O/c1-12-4-2-3-5-14(12)17-11-21-18(19)16-10-13(22-9-8-20)6-7-15(16)17/h2-7,10-11H,9H2,1H3. The number of nitriles is 1. The topological polar surface area (TPSA) is 45.9 Å². The first-order valence-electron chi connectivity index (χ1n) is 6.84. The lowest BCUT2D eigenvalue weighted by molar-refractivity contribution is 0.368. The average molecular weight is 309 g/mol. The molecule has 0 fully saturated rings. The first kappa shape index (κ1) is 14.4. The van der Waals surface area contributed by atoms with Crippen LogP contribution in [0, 0.1) is 18.3 Å². The molecule has 0 saturated heterocycles. The molecule has 0 unspecified atom stereocenters. The molecule has 3 nitrogen and oxygen atoms in total. The molecule has 2 aromatic carbocycles. The molecule has 0 radical (unpaired) electrons. The Labute approximate surface area is 133 Å². The summed E-state index contributed by atoms with van der Waals surface area (Å²) in [5.41, 5.74) is 3.34. The van der Waals surface area contributed by atoms with E-state index in [1.54, 1.807) is 6.20 Å². The third kappa shape index (κ3) is 2.61. The number of benzene rings is 2. The number of hydrogen-bond donors (Lipinski definition) is 0. The number of rotatable bonds is 3. The van der Waals surface area contributed by atoms with Crippen molar-refractivity contribution >= 4 is 22.4 Å². The first-order valence-corrected chi connectivity index (χ1v) is 7.22. The number of fused-ring (bicyclic) bond motifs is 1. The van der Waals surface area contributed by atoms with Gasteiger partial charge in [0.2, 0.25) is 0 Å². The monoisotopic (exact) mass is 308 g/mol. The Kier molecular flexibility index (Phi) is 3.95. The van der Waals surface area contributed by atoms with E-state index in [0.29, 0.717) is 10.9 Å². The molecule has 1 aromatic heterocycles. The number of nitrogens with zero attached hydrogens (tertiary/aromatic N) is 2. The Morgan fingerprint density at radius 3 is 2.73 bits per heavy atom. The summed E-state index contributed by atoms with van der Waals surface area (Å²) in [4.78, 5) is 4.29. The molecule has 0 saturated carbocycles. The number of halogens is 1. The van der Waals surface area contributed by atoms with Crippen LogP contribution in [-0.2, 0) is 0 Å². The molecular weight excluding hydrogens is 296 g/mol. The molecule has 0 aliphatic carbocycles. The molecule has 3 aromatic rings. The highest BCUT2D eigenvalue weighted by molar-refractivity contribution is 6.34. The van der Waals surface area contributed by atoms with Gasteiger partial charge in [-0.3, -0.25) is 0 Å². The molecule has 22 heavy (non-hydrogen) atoms. The van der Waals surface area contributed by atoms with Gasteiger partial charge >= 0.3 is 0 Å². The second-order valence-corrected chi connectivity index (χ2v) is 5.29. The third-order valence-corrected chi connectivity index (χ3v) is 3.85. The van der Waals surface area contributed by atoms with Crippen LogP contribution >= 0.6 is 11.6 Å². The van der Waals surface area contributed by atoms with Crippen molar-refractivity contribution in [3.63, 3.8) is 0 Å². The maximum atomic E-state index is 8.61. The van der Waals surface area contributed by atoms with E-state index in [9.17, 15) is 0 Å². The summed E-state index contributed by atoms with van der Waals surface area (Å²) in [7, 11) is 0. The van der Waals surface area contributed by atoms with Gasteiger partial charge in [-0.1, -0.05) is 35.9 Å². The summed E-state index contributed by atoms with van der Waals surface area (Å²) in [6.07, 6.45) is 1.79. The smallest absolute Gasteiger partial charge is 0.174 e. The van der Waals surface area contributed by atoms with Crippen LogP contribution in [-0.4, -0.2) is 11.6 Å². The van der Waals surface area contributed by atoms with Crippen molar-refractivity contribution in [1.29, 1.82) is 5.26 Å². The maximum Gasteiger partial charge on any atom is 0.174 e. The molecule has 0 aliphatic rings. The van der Waals surface area contributed by atoms with E-state index in [1.807, 2.05) is 36.4 Å². The van der Waals surface area contributed by atoms with E-state index >= 15 is 0 Å². The Morgan fingerprint density at radius 1 is 1.14 bits per heavy atom. The maximum absolute atomic E-state index is 8.61. The van der Waals surface area contributed by atoms with Crippen LogP contribution in [0.5, 0.6) is 5.75 Å². The largest absolute Gasteiger partial charge is 0.479 e. The van der Waals surface area contributed by atoms with E-state index in [1.165, 1.54) is 5.56 Å². The van der Waals surface area contributed by atoms with Crippen LogP contribution in [0.3, 0.4) is 0 Å². The van der Waals surface area contributed by atoms with Crippen molar-refractivity contribution in [2.75, 3.05) is 6.61 Å². The van der Waals surface area contributed by atoms with E-state index in [-0.39, 0.29) is 6.61 Å². The average Bonchev–Trinajstić information content (AvgIpc) is 2.54. The molecular formula is C18H13ClN2O. The number of aromatic nitrogens is 1. The highest BCUT2D eigenvalue weighted by atomic mass is 35.5. The lowest BCUT2D eigenvalue weighted by Crippen LogP contribution is -1.94. The lowest BCUT2D eigenvalue weighted by atomic mass is 9.97. The Hall–Kier alpha value is -2.57. The zero-order valence-electron chi connectivity index (χ0n) is 12.0. The number of aryl methyl sites for hydroxylation is 1. The van der Waals surface area contributed by atoms with Crippen molar-refractivity contribution < 1.29 is 4.74 Å². The van der Waals surface area contributed by atoms with Crippen molar-refractivity contribution in [2.45, 2.75) is 6.92 Å². The Balaban J connectivity index is 2.20. The van der Waals surface area contributed by atoms with E-state index in [2.05, 4.69) is 24.0 Å². The summed E-state index contributed by atoms with van der Waals surface area (Å²) in [5, 5.41) is 10.9. The second-order valence-electron chi connectivity index (χ2n) is 4.93. The minimum Gasteiger partial charge on any atom is -0.479 e. The van der Waals surface area contributed by atoms with Gasteiger partial charge in [-0.15, -0.1) is 0 Å². The number of ether oxygens (including phenoxy) is 1. The molecule has 0 spiro atoms. The van der Waals surface area contributed by atoms with Crippen LogP contribution in [0.15, 0.2) is 48.7 Å². The van der Waals surface area contributed by atoms with Gasteiger partial charge in [-0.25, -0.2) is 4.98 Å². The molecule has 108 valence electrons. The van der Waals surface area contributed by atoms with Gasteiger partial charge in [0.25, 0.3) is 0 Å². The molecule has 4 heteroatoms. The molecule has 0 amide bonds. The fourth-order valence-electron chi connectivity index (χ4n) is 2.48. The van der Waals surface area contributed by atoms with Gasteiger partial charge in [0, 0.05) is 17.1 Å². The zero-order valence-corrected chi connectivity index (χ0v) is 12.8. The summed E-state index contributed by atoms with van der Waals surface area (Å²) in [6.45, 7) is 2.08. The van der Waals surface area contributed by atoms with E-state index in [4.69, 9.17) is 21.6 Å². The van der Waals surface area contributed by atoms with Crippen molar-refractivity contribution in [1.82, 2.24) is 4.98 Å². The molecule has 0 atom stereocenters. The summed E-state index contributed by atoms with van der Waals surface area (Å²) < 4.78 is 5.34. The summed E-state index contributed by atoms with van der Waals surface area (Å²) in [5.74, 6) is 0.611. The van der Waals surface area contributed by atoms with Crippen molar-refractivity contribution in [2.24, 2.45) is 0 Å². The third-order valence-electron chi connectivity index (χ3n) is 3.55. The Bertz CT molecular complexity index is 884. The van der Waals surface area contributed by atoms with Crippen molar-refractivity contribution in [3.8, 4) is 22.9 Å². The van der Waals surface area contributed by atoms with Crippen LogP contribution < -0.4 is 4.74 Å². The summed E-state index contributed by atoms with van der Waals surface area (Å²) in [6, 6.07) is 15.7. The normalized spacial score (nSPS) is 10.4. The fourth-order valence-corrected chi connectivity index (χ4v) is 2.69. The van der Waals surface area contributed by atoms with Gasteiger partial charge in [0.1, 0.15) is 17.0 Å². The SMILES string of the molecule is Cc1ccccc1-c1cnc(Cl)c2cc(OCC#N)ccc12. The van der Waals surface area contributed by atoms with Crippen LogP contribution in [0.25, 0.3) is 21.9 Å². The van der Waals surface area contributed by atoms with Crippen LogP contribution in [0.2, 0.25) is 5.15 Å². The second kappa shape index (κ2) is 6.05. The predicted molar refractivity (Wildman–Crippen MR) is 88.0 cm³/mol. The van der Waals surface area contributed by atoms with Crippen LogP contribution in [0.1, 0.15) is 5.56 Å². The molecule has 3 rings (SSSR count). The Morgan fingerprint density at radius 2 is 1.95 bits per heavy atom. The minimum atomic E-state index is 0.00797. The highest BCUT2D eigenvalue weighted by Gasteiger charge is 2.10.